The van der Waals surface area contributed by atoms with Crippen molar-refractivity contribution in [1.82, 2.24) is 5.32 Å². The fourth-order valence-electron chi connectivity index (χ4n) is 2.02. The van der Waals surface area contributed by atoms with Crippen LogP contribution in [0.1, 0.15) is 25.3 Å². The molecule has 2 N–H and O–H groups in total. The van der Waals surface area contributed by atoms with Crippen LogP contribution in [0.25, 0.3) is 0 Å². The molecule has 0 heterocycles. The van der Waals surface area contributed by atoms with Crippen molar-refractivity contribution < 1.29 is 14.3 Å². The molecule has 0 aliphatic rings. The molecule has 6 nitrogen and oxygen atoms in total. The smallest absolute Gasteiger partial charge is 0.319 e. The van der Waals surface area contributed by atoms with Crippen molar-refractivity contribution in [3.8, 4) is 5.75 Å². The molecule has 1 aromatic carbocycles. The van der Waals surface area contributed by atoms with E-state index in [2.05, 4.69) is 15.0 Å². The Kier molecular flexibility index (Phi) is 8.60. The highest BCUT2D eigenvalue weighted by Crippen LogP contribution is 2.13. The van der Waals surface area contributed by atoms with Crippen molar-refractivity contribution in [3.63, 3.8) is 0 Å². The maximum Gasteiger partial charge on any atom is 0.319 e. The maximum atomic E-state index is 11.0. The van der Waals surface area contributed by atoms with Crippen LogP contribution in [0, 0.1) is 5.41 Å². The quantitative estimate of drug-likeness (QED) is 0.393. The highest BCUT2D eigenvalue weighted by Gasteiger charge is 2.03. The summed E-state index contributed by atoms with van der Waals surface area (Å²) in [6.07, 6.45) is 1.56. The number of nitrogens with zero attached hydrogens (tertiary/aromatic N) is 1. The molecule has 0 radical (unpaired) electrons. The Bertz CT molecular complexity index is 556. The van der Waals surface area contributed by atoms with Gasteiger partial charge >= 0.3 is 5.97 Å². The molecule has 0 aliphatic carbocycles. The van der Waals surface area contributed by atoms with Gasteiger partial charge in [0.05, 0.1) is 26.0 Å². The van der Waals surface area contributed by atoms with E-state index in [4.69, 9.17) is 10.1 Å². The third-order valence-corrected chi connectivity index (χ3v) is 3.25. The van der Waals surface area contributed by atoms with Crippen molar-refractivity contribution in [2.45, 2.75) is 26.3 Å². The van der Waals surface area contributed by atoms with Gasteiger partial charge in [-0.3, -0.25) is 9.79 Å². The van der Waals surface area contributed by atoms with E-state index >= 15 is 0 Å². The molecule has 23 heavy (non-hydrogen) atoms. The summed E-state index contributed by atoms with van der Waals surface area (Å²) in [7, 11) is 3.08. The minimum atomic E-state index is -0.285. The zero-order chi connectivity index (χ0) is 17.1. The van der Waals surface area contributed by atoms with Crippen LogP contribution in [0.5, 0.6) is 5.75 Å². The third-order valence-electron chi connectivity index (χ3n) is 3.25. The molecule has 0 unspecified atom stereocenters. The lowest BCUT2D eigenvalue weighted by atomic mass is 10.1. The van der Waals surface area contributed by atoms with Crippen molar-refractivity contribution >= 4 is 17.4 Å². The average Bonchev–Trinajstić information content (AvgIpc) is 2.54. The lowest BCUT2D eigenvalue weighted by Crippen LogP contribution is -2.23. The first-order chi connectivity index (χ1) is 11.1. The molecule has 0 aromatic heterocycles. The SMILES string of the molecule is CN=C(CCCOc1cccc(CNCC(=O)OC)c1)C(C)=N. The lowest BCUT2D eigenvalue weighted by molar-refractivity contribution is -0.139. The highest BCUT2D eigenvalue weighted by molar-refractivity contribution is 6.40. The molecule has 0 aliphatic heterocycles. The van der Waals surface area contributed by atoms with Crippen molar-refractivity contribution in [3.05, 3.63) is 29.8 Å². The van der Waals surface area contributed by atoms with E-state index in [9.17, 15) is 4.79 Å². The average molecular weight is 319 g/mol. The summed E-state index contributed by atoms with van der Waals surface area (Å²) >= 11 is 0. The maximum absolute atomic E-state index is 11.0. The fraction of sp³-hybridized carbons (Fsp3) is 0.471. The third kappa shape index (κ3) is 7.56. The van der Waals surface area contributed by atoms with Gasteiger partial charge in [-0.05, 0) is 37.5 Å². The molecule has 6 heteroatoms. The summed E-state index contributed by atoms with van der Waals surface area (Å²) in [5, 5.41) is 10.6. The zero-order valence-corrected chi connectivity index (χ0v) is 14.0. The zero-order valence-electron chi connectivity index (χ0n) is 14.0. The summed E-state index contributed by atoms with van der Waals surface area (Å²) in [5.41, 5.74) is 2.36. The van der Waals surface area contributed by atoms with Crippen LogP contribution in [0.3, 0.4) is 0 Å². The first kappa shape index (κ1) is 18.8. The van der Waals surface area contributed by atoms with E-state index in [1.165, 1.54) is 7.11 Å². The molecule has 0 bridgehead atoms. The molecule has 1 rings (SSSR count). The summed E-state index contributed by atoms with van der Waals surface area (Å²) in [6.45, 7) is 3.08. The van der Waals surface area contributed by atoms with Crippen LogP contribution in [0.4, 0.5) is 0 Å². The Labute approximate surface area is 137 Å². The van der Waals surface area contributed by atoms with Crippen LogP contribution in [0.2, 0.25) is 0 Å². The molecule has 0 fully saturated rings. The van der Waals surface area contributed by atoms with E-state index < -0.39 is 0 Å². The van der Waals surface area contributed by atoms with E-state index in [-0.39, 0.29) is 12.5 Å². The van der Waals surface area contributed by atoms with Gasteiger partial charge in [0, 0.05) is 19.3 Å². The van der Waals surface area contributed by atoms with Crippen molar-refractivity contribution in [2.75, 3.05) is 27.3 Å². The van der Waals surface area contributed by atoms with Gasteiger partial charge in [-0.1, -0.05) is 12.1 Å². The largest absolute Gasteiger partial charge is 0.494 e. The first-order valence-corrected chi connectivity index (χ1v) is 7.57. The molecule has 1 aromatic rings. The van der Waals surface area contributed by atoms with Crippen molar-refractivity contribution in [2.24, 2.45) is 4.99 Å². The summed E-state index contributed by atoms with van der Waals surface area (Å²) in [5.74, 6) is 0.510. The number of methoxy groups -OCH3 is 1. The molecule has 0 saturated carbocycles. The number of ether oxygens (including phenoxy) is 2. The topological polar surface area (TPSA) is 83.8 Å². The number of rotatable bonds is 10. The standard InChI is InChI=1S/C17H25N3O3/c1-13(18)16(19-2)8-5-9-23-15-7-4-6-14(10-15)11-20-12-17(21)22-3/h4,6-7,10,18,20H,5,8-9,11-12H2,1-3H3. The number of carbonyl (C=O) groups is 1. The normalized spacial score (nSPS) is 11.2. The number of aliphatic imine (C=N–C) groups is 1. The van der Waals surface area contributed by atoms with E-state index in [0.29, 0.717) is 18.9 Å². The summed E-state index contributed by atoms with van der Waals surface area (Å²) in [6, 6.07) is 7.74. The number of nitrogens with one attached hydrogen (secondary N) is 2. The van der Waals surface area contributed by atoms with Crippen LogP contribution in [-0.4, -0.2) is 44.7 Å². The number of benzene rings is 1. The monoisotopic (exact) mass is 319 g/mol. The Morgan fingerprint density at radius 3 is 2.83 bits per heavy atom. The minimum Gasteiger partial charge on any atom is -0.494 e. The predicted molar refractivity (Wildman–Crippen MR) is 91.7 cm³/mol. The van der Waals surface area contributed by atoms with E-state index in [0.717, 1.165) is 29.9 Å². The highest BCUT2D eigenvalue weighted by atomic mass is 16.5. The van der Waals surface area contributed by atoms with Gasteiger partial charge in [0.1, 0.15) is 5.75 Å². The van der Waals surface area contributed by atoms with Gasteiger partial charge in [0.2, 0.25) is 0 Å². The lowest BCUT2D eigenvalue weighted by Gasteiger charge is -2.09. The first-order valence-electron chi connectivity index (χ1n) is 7.57. The van der Waals surface area contributed by atoms with Crippen LogP contribution in [0.15, 0.2) is 29.3 Å². The van der Waals surface area contributed by atoms with Crippen LogP contribution < -0.4 is 10.1 Å². The minimum absolute atomic E-state index is 0.184. The Morgan fingerprint density at radius 2 is 2.17 bits per heavy atom. The Balaban J connectivity index is 2.36. The molecular formula is C17H25N3O3. The molecule has 0 amide bonds. The van der Waals surface area contributed by atoms with Crippen LogP contribution >= 0.6 is 0 Å². The van der Waals surface area contributed by atoms with Gasteiger partial charge in [-0.2, -0.15) is 0 Å². The van der Waals surface area contributed by atoms with Gasteiger partial charge in [0.25, 0.3) is 0 Å². The number of esters is 1. The number of hydrogen-bond donors (Lipinski definition) is 2. The van der Waals surface area contributed by atoms with E-state index in [1.807, 2.05) is 24.3 Å². The molecule has 0 spiro atoms. The molecule has 126 valence electrons. The van der Waals surface area contributed by atoms with Gasteiger partial charge in [0.15, 0.2) is 0 Å². The van der Waals surface area contributed by atoms with Gasteiger partial charge in [-0.25, -0.2) is 0 Å². The molecule has 0 saturated heterocycles. The Morgan fingerprint density at radius 1 is 1.39 bits per heavy atom. The van der Waals surface area contributed by atoms with E-state index in [1.54, 1.807) is 14.0 Å². The van der Waals surface area contributed by atoms with Crippen LogP contribution in [-0.2, 0) is 16.1 Å². The van der Waals surface area contributed by atoms with Gasteiger partial charge in [-0.15, -0.1) is 0 Å². The fourth-order valence-corrected chi connectivity index (χ4v) is 2.02. The molecule has 0 atom stereocenters. The second-order valence-corrected chi connectivity index (χ2v) is 5.07. The summed E-state index contributed by atoms with van der Waals surface area (Å²) in [4.78, 5) is 15.1. The van der Waals surface area contributed by atoms with Gasteiger partial charge < -0.3 is 20.2 Å². The second kappa shape index (κ2) is 10.5. The second-order valence-electron chi connectivity index (χ2n) is 5.07. The Hall–Kier alpha value is -2.21. The van der Waals surface area contributed by atoms with Crippen molar-refractivity contribution in [1.29, 1.82) is 5.41 Å². The molecular weight excluding hydrogens is 294 g/mol. The predicted octanol–water partition coefficient (Wildman–Crippen LogP) is 2.22. The number of carbonyl (C=O) groups excluding carboxylic acids is 1. The summed E-state index contributed by atoms with van der Waals surface area (Å²) < 4.78 is 10.3. The number of hydrogen-bond acceptors (Lipinski definition) is 6.